The highest BCUT2D eigenvalue weighted by Crippen LogP contribution is 2.42. The molecule has 0 unspecified atom stereocenters. The molecule has 0 N–H and O–H groups in total. The smallest absolute Gasteiger partial charge is 0.282 e. The molecule has 2 aromatic carbocycles. The summed E-state index contributed by atoms with van der Waals surface area (Å²) in [7, 11) is 1.51. The van der Waals surface area contributed by atoms with Gasteiger partial charge in [-0.2, -0.15) is 15.0 Å². The van der Waals surface area contributed by atoms with Crippen LogP contribution >= 0.6 is 47.8 Å². The molecule has 3 rings (SSSR count). The van der Waals surface area contributed by atoms with Crippen LogP contribution in [0.4, 0.5) is 0 Å². The van der Waals surface area contributed by atoms with E-state index in [1.165, 1.54) is 11.8 Å². The predicted octanol–water partition coefficient (Wildman–Crippen LogP) is 5.99. The van der Waals surface area contributed by atoms with Crippen LogP contribution in [-0.4, -0.2) is 29.6 Å². The molecule has 7 nitrogen and oxygen atoms in total. The van der Waals surface area contributed by atoms with E-state index >= 15 is 0 Å². The van der Waals surface area contributed by atoms with Crippen molar-refractivity contribution in [3.05, 3.63) is 59.4 Å². The van der Waals surface area contributed by atoms with Gasteiger partial charge < -0.3 is 9.47 Å². The van der Waals surface area contributed by atoms with Crippen LogP contribution in [0.25, 0.3) is 10.9 Å². The first-order valence-electron chi connectivity index (χ1n) is 9.64. The third-order valence-corrected chi connectivity index (χ3v) is 7.49. The third-order valence-electron chi connectivity index (χ3n) is 4.86. The minimum absolute atomic E-state index is 0.0272. The predicted molar refractivity (Wildman–Crippen MR) is 135 cm³/mol. The van der Waals surface area contributed by atoms with Gasteiger partial charge in [-0.05, 0) is 62.5 Å². The summed E-state index contributed by atoms with van der Waals surface area (Å²) in [5, 5.41) is 13.8. The summed E-state index contributed by atoms with van der Waals surface area (Å²) in [4.78, 5) is 18.0. The molecule has 0 saturated carbocycles. The number of halogens is 3. The van der Waals surface area contributed by atoms with Crippen molar-refractivity contribution in [1.29, 1.82) is 5.26 Å². The topological polar surface area (TPSA) is 89.5 Å². The zero-order valence-electron chi connectivity index (χ0n) is 17.5. The normalized spacial score (nSPS) is 12.2. The van der Waals surface area contributed by atoms with Gasteiger partial charge in [-0.15, -0.1) is 0 Å². The number of methoxy groups -OCH3 is 1. The van der Waals surface area contributed by atoms with Crippen molar-refractivity contribution in [3.8, 4) is 17.6 Å². The second kappa shape index (κ2) is 10.6. The summed E-state index contributed by atoms with van der Waals surface area (Å²) >= 11 is 10.4. The maximum Gasteiger partial charge on any atom is 0.282 e. The van der Waals surface area contributed by atoms with Crippen molar-refractivity contribution in [2.45, 2.75) is 26.2 Å². The minimum atomic E-state index is -0.251. The van der Waals surface area contributed by atoms with Crippen molar-refractivity contribution < 1.29 is 9.47 Å². The fourth-order valence-corrected chi connectivity index (χ4v) is 4.28. The molecule has 0 spiro atoms. The largest absolute Gasteiger partial charge is 0.493 e. The fourth-order valence-electron chi connectivity index (χ4n) is 2.99. The van der Waals surface area contributed by atoms with Crippen LogP contribution in [0.5, 0.6) is 11.5 Å². The summed E-state index contributed by atoms with van der Waals surface area (Å²) in [5.41, 5.74) is 1.03. The zero-order valence-corrected chi connectivity index (χ0v) is 22.3. The number of fused-ring (bicyclic) bond motifs is 1. The second-order valence-electron chi connectivity index (χ2n) is 6.87. The number of benzene rings is 2. The van der Waals surface area contributed by atoms with Crippen molar-refractivity contribution in [2.24, 2.45) is 5.10 Å². The Bertz CT molecular complexity index is 1300. The Morgan fingerprint density at radius 3 is 2.69 bits per heavy atom. The van der Waals surface area contributed by atoms with Crippen LogP contribution < -0.4 is 15.0 Å². The number of hydrogen-bond donors (Lipinski definition) is 0. The van der Waals surface area contributed by atoms with E-state index in [4.69, 9.17) is 19.7 Å². The number of aromatic nitrogens is 2. The van der Waals surface area contributed by atoms with Crippen LogP contribution in [0.1, 0.15) is 37.6 Å². The highest BCUT2D eigenvalue weighted by Gasteiger charge is 2.18. The van der Waals surface area contributed by atoms with E-state index in [1.54, 1.807) is 18.3 Å². The first kappa shape index (κ1) is 24.4. The number of nitrogens with zero attached hydrogens (tertiary/aromatic N) is 4. The molecule has 3 aromatic rings. The van der Waals surface area contributed by atoms with E-state index in [1.807, 2.05) is 32.0 Å². The lowest BCUT2D eigenvalue weighted by Crippen LogP contribution is -2.23. The average Bonchev–Trinajstić information content (AvgIpc) is 2.79. The number of nitriles is 1. The Hall–Kier alpha value is -2.22. The molecule has 1 aromatic heterocycles. The Kier molecular flexibility index (Phi) is 8.09. The lowest BCUT2D eigenvalue weighted by molar-refractivity contribution is 0.327. The molecule has 0 fully saturated rings. The molecule has 0 amide bonds. The van der Waals surface area contributed by atoms with E-state index in [0.29, 0.717) is 42.7 Å². The molecular formula is C22H19Br3N4O3. The molecule has 1 atom stereocenters. The highest BCUT2D eigenvalue weighted by molar-refractivity contribution is 9.13. The number of ether oxygens (including phenoxy) is 2. The molecule has 0 bridgehead atoms. The SMILES string of the molecule is CC[C@@H](C)c1nc2ccc(Br)cc2c(=O)n1N=Cc1cc(OC)c(OCC#N)c(Br)c1Br. The van der Waals surface area contributed by atoms with Crippen LogP contribution in [0, 0.1) is 11.3 Å². The van der Waals surface area contributed by atoms with E-state index in [0.717, 1.165) is 10.9 Å². The highest BCUT2D eigenvalue weighted by atomic mass is 79.9. The molecule has 0 aliphatic heterocycles. The van der Waals surface area contributed by atoms with E-state index in [-0.39, 0.29) is 18.1 Å². The van der Waals surface area contributed by atoms with Crippen LogP contribution in [0.2, 0.25) is 0 Å². The second-order valence-corrected chi connectivity index (χ2v) is 9.38. The first-order chi connectivity index (χ1) is 15.3. The molecule has 1 heterocycles. The lowest BCUT2D eigenvalue weighted by atomic mass is 10.1. The summed E-state index contributed by atoms with van der Waals surface area (Å²) in [6, 6.07) is 9.07. The van der Waals surface area contributed by atoms with Gasteiger partial charge in [0.15, 0.2) is 18.1 Å². The molecule has 10 heteroatoms. The van der Waals surface area contributed by atoms with E-state index in [9.17, 15) is 4.79 Å². The number of rotatable bonds is 7. The summed E-state index contributed by atoms with van der Waals surface area (Å²) in [6.45, 7) is 3.92. The zero-order chi connectivity index (χ0) is 23.4. The molecule has 0 radical (unpaired) electrons. The van der Waals surface area contributed by atoms with Gasteiger partial charge in [0.1, 0.15) is 11.9 Å². The molecule has 32 heavy (non-hydrogen) atoms. The van der Waals surface area contributed by atoms with Gasteiger partial charge in [0, 0.05) is 20.4 Å². The first-order valence-corrected chi connectivity index (χ1v) is 12.0. The Morgan fingerprint density at radius 2 is 2.03 bits per heavy atom. The maximum absolute atomic E-state index is 13.3. The monoisotopic (exact) mass is 624 g/mol. The van der Waals surface area contributed by atoms with Gasteiger partial charge in [0.2, 0.25) is 0 Å². The summed E-state index contributed by atoms with van der Waals surface area (Å²) in [6.07, 6.45) is 2.36. The molecule has 0 aliphatic carbocycles. The van der Waals surface area contributed by atoms with E-state index < -0.39 is 0 Å². The van der Waals surface area contributed by atoms with E-state index in [2.05, 4.69) is 52.9 Å². The van der Waals surface area contributed by atoms with Gasteiger partial charge in [-0.3, -0.25) is 4.79 Å². The Morgan fingerprint density at radius 1 is 1.28 bits per heavy atom. The fraction of sp³-hybridized carbons (Fsp3) is 0.273. The Balaban J connectivity index is 2.18. The molecular weight excluding hydrogens is 608 g/mol. The summed E-state index contributed by atoms with van der Waals surface area (Å²) < 4.78 is 14.2. The standard InChI is InChI=1S/C22H19Br3N4O3/c1-4-12(2)21-28-16-6-5-14(23)10-15(16)22(30)29(21)27-11-13-9-17(31-3)20(32-8-7-26)19(25)18(13)24/h5-6,9-12H,4,8H2,1-3H3/t12-/m1/s1. The molecule has 0 saturated heterocycles. The van der Waals surface area contributed by atoms with Gasteiger partial charge in [0.05, 0.1) is 28.7 Å². The van der Waals surface area contributed by atoms with Crippen LogP contribution in [0.3, 0.4) is 0 Å². The van der Waals surface area contributed by atoms with Gasteiger partial charge >= 0.3 is 0 Å². The van der Waals surface area contributed by atoms with Crippen molar-refractivity contribution >= 4 is 64.9 Å². The third kappa shape index (κ3) is 4.90. The van der Waals surface area contributed by atoms with Crippen molar-refractivity contribution in [2.75, 3.05) is 13.7 Å². The summed E-state index contributed by atoms with van der Waals surface area (Å²) in [5.74, 6) is 1.43. The minimum Gasteiger partial charge on any atom is -0.493 e. The Labute approximate surface area is 210 Å². The number of hydrogen-bond acceptors (Lipinski definition) is 6. The van der Waals surface area contributed by atoms with Crippen LogP contribution in [0.15, 0.2) is 47.6 Å². The quantitative estimate of drug-likeness (QED) is 0.301. The van der Waals surface area contributed by atoms with Gasteiger partial charge in [-0.1, -0.05) is 29.8 Å². The molecule has 166 valence electrons. The van der Waals surface area contributed by atoms with Crippen molar-refractivity contribution in [3.63, 3.8) is 0 Å². The van der Waals surface area contributed by atoms with Crippen molar-refractivity contribution in [1.82, 2.24) is 9.66 Å². The van der Waals surface area contributed by atoms with Crippen LogP contribution in [-0.2, 0) is 0 Å². The lowest BCUT2D eigenvalue weighted by Gasteiger charge is -2.15. The van der Waals surface area contributed by atoms with Gasteiger partial charge in [-0.25, -0.2) is 4.98 Å². The molecule has 0 aliphatic rings. The maximum atomic E-state index is 13.3. The average molecular weight is 627 g/mol. The van der Waals surface area contributed by atoms with Gasteiger partial charge in [0.25, 0.3) is 5.56 Å².